The molecule has 2 rings (SSSR count). The van der Waals surface area contributed by atoms with Crippen LogP contribution in [0.2, 0.25) is 0 Å². The quantitative estimate of drug-likeness (QED) is 0.815. The average Bonchev–Trinajstić information content (AvgIpc) is 2.30. The maximum absolute atomic E-state index is 13.2. The van der Waals surface area contributed by atoms with Gasteiger partial charge in [-0.3, -0.25) is 0 Å². The van der Waals surface area contributed by atoms with E-state index in [-0.39, 0.29) is 24.9 Å². The summed E-state index contributed by atoms with van der Waals surface area (Å²) in [6.45, 7) is 1.46. The van der Waals surface area contributed by atoms with Crippen LogP contribution in [0.5, 0.6) is 0 Å². The van der Waals surface area contributed by atoms with Crippen LogP contribution in [-0.2, 0) is 0 Å². The molecule has 2 N–H and O–H groups in total. The Morgan fingerprint density at radius 2 is 1.83 bits per heavy atom. The molecule has 18 heavy (non-hydrogen) atoms. The Morgan fingerprint density at radius 3 is 2.56 bits per heavy atom. The molecular weight excluding hydrogens is 236 g/mol. The fraction of sp³-hybridized carbons (Fsp3) is 1.00. The first-order valence-corrected chi connectivity index (χ1v) is 7.33. The van der Waals surface area contributed by atoms with Crippen molar-refractivity contribution in [3.63, 3.8) is 0 Å². The van der Waals surface area contributed by atoms with Gasteiger partial charge >= 0.3 is 0 Å². The van der Waals surface area contributed by atoms with Crippen LogP contribution in [0.3, 0.4) is 0 Å². The van der Waals surface area contributed by atoms with Gasteiger partial charge in [0.1, 0.15) is 0 Å². The number of rotatable bonds is 4. The highest BCUT2D eigenvalue weighted by molar-refractivity contribution is 4.81. The molecule has 2 saturated carbocycles. The third-order valence-corrected chi connectivity index (χ3v) is 4.45. The Bertz CT molecular complexity index is 260. The first-order chi connectivity index (χ1) is 8.57. The molecule has 0 radical (unpaired) electrons. The summed E-state index contributed by atoms with van der Waals surface area (Å²) in [6.07, 6.45) is 5.72. The van der Waals surface area contributed by atoms with Crippen LogP contribution >= 0.6 is 0 Å². The van der Waals surface area contributed by atoms with Gasteiger partial charge in [-0.15, -0.1) is 0 Å². The van der Waals surface area contributed by atoms with Crippen molar-refractivity contribution in [2.75, 3.05) is 13.1 Å². The lowest BCUT2D eigenvalue weighted by Gasteiger charge is -2.31. The number of aliphatic hydroxyl groups excluding tert-OH is 1. The smallest absolute Gasteiger partial charge is 0.248 e. The van der Waals surface area contributed by atoms with Crippen LogP contribution in [0.15, 0.2) is 0 Å². The van der Waals surface area contributed by atoms with Gasteiger partial charge in [0.15, 0.2) is 0 Å². The van der Waals surface area contributed by atoms with E-state index in [1.54, 1.807) is 0 Å². The topological polar surface area (TPSA) is 32.3 Å². The normalized spacial score (nSPS) is 36.5. The number of alkyl halides is 2. The van der Waals surface area contributed by atoms with Crippen molar-refractivity contribution in [1.82, 2.24) is 5.32 Å². The van der Waals surface area contributed by atoms with Gasteiger partial charge in [-0.05, 0) is 44.1 Å². The van der Waals surface area contributed by atoms with E-state index in [0.717, 1.165) is 32.2 Å². The lowest BCUT2D eigenvalue weighted by molar-refractivity contribution is -0.0523. The molecular formula is C14H25F2NO. The summed E-state index contributed by atoms with van der Waals surface area (Å²) in [7, 11) is 0. The molecule has 0 heterocycles. The fourth-order valence-corrected chi connectivity index (χ4v) is 3.35. The van der Waals surface area contributed by atoms with E-state index >= 15 is 0 Å². The van der Waals surface area contributed by atoms with Gasteiger partial charge in [0.05, 0.1) is 6.10 Å². The molecule has 2 fully saturated rings. The molecule has 0 aliphatic heterocycles. The van der Waals surface area contributed by atoms with Crippen LogP contribution in [0.25, 0.3) is 0 Å². The Hall–Kier alpha value is -0.220. The van der Waals surface area contributed by atoms with E-state index in [1.807, 2.05) is 0 Å². The van der Waals surface area contributed by atoms with E-state index in [0.29, 0.717) is 18.9 Å². The van der Waals surface area contributed by atoms with Crippen LogP contribution < -0.4 is 5.32 Å². The molecule has 0 aromatic carbocycles. The average molecular weight is 261 g/mol. The van der Waals surface area contributed by atoms with Crippen molar-refractivity contribution in [1.29, 1.82) is 0 Å². The standard InChI is InChI=1S/C14H25F2NO/c15-14(16)7-3-4-11(8-14)9-17-10-12-5-1-2-6-13(12)18/h11-13,17-18H,1-10H2. The molecule has 3 unspecified atom stereocenters. The highest BCUT2D eigenvalue weighted by atomic mass is 19.3. The third-order valence-electron chi connectivity index (χ3n) is 4.45. The summed E-state index contributed by atoms with van der Waals surface area (Å²) in [4.78, 5) is 0. The minimum Gasteiger partial charge on any atom is -0.393 e. The molecule has 0 amide bonds. The Balaban J connectivity index is 1.65. The van der Waals surface area contributed by atoms with Gasteiger partial charge in [-0.2, -0.15) is 0 Å². The predicted molar refractivity (Wildman–Crippen MR) is 67.7 cm³/mol. The number of hydrogen-bond acceptors (Lipinski definition) is 2. The Morgan fingerprint density at radius 1 is 1.06 bits per heavy atom. The number of aliphatic hydroxyl groups is 1. The zero-order chi connectivity index (χ0) is 13.0. The van der Waals surface area contributed by atoms with Crippen molar-refractivity contribution in [3.05, 3.63) is 0 Å². The highest BCUT2D eigenvalue weighted by Gasteiger charge is 2.36. The van der Waals surface area contributed by atoms with Gasteiger partial charge in [0.25, 0.3) is 0 Å². The molecule has 2 nitrogen and oxygen atoms in total. The van der Waals surface area contributed by atoms with E-state index in [4.69, 9.17) is 0 Å². The van der Waals surface area contributed by atoms with Crippen LogP contribution in [-0.4, -0.2) is 30.2 Å². The number of nitrogens with one attached hydrogen (secondary N) is 1. The van der Waals surface area contributed by atoms with Crippen molar-refractivity contribution in [2.45, 2.75) is 63.4 Å². The maximum Gasteiger partial charge on any atom is 0.248 e. The first-order valence-electron chi connectivity index (χ1n) is 7.33. The number of hydrogen-bond donors (Lipinski definition) is 2. The lowest BCUT2D eigenvalue weighted by atomic mass is 9.85. The molecule has 0 aromatic heterocycles. The second-order valence-electron chi connectivity index (χ2n) is 6.09. The van der Waals surface area contributed by atoms with Crippen LogP contribution in [0.4, 0.5) is 8.78 Å². The molecule has 0 saturated heterocycles. The van der Waals surface area contributed by atoms with Crippen LogP contribution in [0, 0.1) is 11.8 Å². The second-order valence-corrected chi connectivity index (χ2v) is 6.09. The molecule has 2 aliphatic carbocycles. The maximum atomic E-state index is 13.2. The lowest BCUT2D eigenvalue weighted by Crippen LogP contribution is -2.38. The summed E-state index contributed by atoms with van der Waals surface area (Å²) in [5.41, 5.74) is 0. The molecule has 0 spiro atoms. The van der Waals surface area contributed by atoms with Gasteiger partial charge in [-0.25, -0.2) is 8.78 Å². The van der Waals surface area contributed by atoms with E-state index in [2.05, 4.69) is 5.32 Å². The predicted octanol–water partition coefficient (Wildman–Crippen LogP) is 2.95. The first kappa shape index (κ1) is 14.2. The third kappa shape index (κ3) is 4.16. The summed E-state index contributed by atoms with van der Waals surface area (Å²) < 4.78 is 26.5. The van der Waals surface area contributed by atoms with Gasteiger partial charge in [0.2, 0.25) is 5.92 Å². The monoisotopic (exact) mass is 261 g/mol. The molecule has 3 atom stereocenters. The summed E-state index contributed by atoms with van der Waals surface area (Å²) in [5, 5.41) is 13.1. The zero-order valence-electron chi connectivity index (χ0n) is 11.0. The van der Waals surface area contributed by atoms with Gasteiger partial charge in [0, 0.05) is 19.4 Å². The van der Waals surface area contributed by atoms with E-state index < -0.39 is 5.92 Å². The Kier molecular flexibility index (Phi) is 4.96. The zero-order valence-corrected chi connectivity index (χ0v) is 11.0. The summed E-state index contributed by atoms with van der Waals surface area (Å²) in [5.74, 6) is -2.02. The molecule has 106 valence electrons. The van der Waals surface area contributed by atoms with Crippen molar-refractivity contribution < 1.29 is 13.9 Å². The molecule has 2 aliphatic rings. The van der Waals surface area contributed by atoms with Gasteiger partial charge < -0.3 is 10.4 Å². The van der Waals surface area contributed by atoms with Crippen molar-refractivity contribution >= 4 is 0 Å². The van der Waals surface area contributed by atoms with E-state index in [9.17, 15) is 13.9 Å². The van der Waals surface area contributed by atoms with Crippen molar-refractivity contribution in [3.8, 4) is 0 Å². The largest absolute Gasteiger partial charge is 0.393 e. The fourth-order valence-electron chi connectivity index (χ4n) is 3.35. The van der Waals surface area contributed by atoms with E-state index in [1.165, 1.54) is 6.42 Å². The Labute approximate surface area is 108 Å². The number of halogens is 2. The van der Waals surface area contributed by atoms with Crippen molar-refractivity contribution in [2.24, 2.45) is 11.8 Å². The summed E-state index contributed by atoms with van der Waals surface area (Å²) in [6, 6.07) is 0. The SMILES string of the molecule is OC1CCCCC1CNCC1CCCC(F)(F)C1. The second kappa shape index (κ2) is 6.29. The van der Waals surface area contributed by atoms with Gasteiger partial charge in [-0.1, -0.05) is 12.8 Å². The molecule has 0 bridgehead atoms. The highest BCUT2D eigenvalue weighted by Crippen LogP contribution is 2.36. The molecule has 0 aromatic rings. The van der Waals surface area contributed by atoms with Crippen LogP contribution in [0.1, 0.15) is 51.4 Å². The minimum atomic E-state index is -2.45. The molecule has 4 heteroatoms. The summed E-state index contributed by atoms with van der Waals surface area (Å²) >= 11 is 0. The minimum absolute atomic E-state index is 0.0349.